The normalized spacial score (nSPS) is 11.1. The third kappa shape index (κ3) is 4.12. The average Bonchev–Trinajstić information content (AvgIpc) is 3.33. The van der Waals surface area contributed by atoms with Gasteiger partial charge in [-0.05, 0) is 36.8 Å². The molecule has 0 aliphatic rings. The number of rotatable bonds is 6. The van der Waals surface area contributed by atoms with E-state index in [0.29, 0.717) is 22.3 Å². The Labute approximate surface area is 177 Å². The predicted octanol–water partition coefficient (Wildman–Crippen LogP) is 6.49. The van der Waals surface area contributed by atoms with Crippen molar-refractivity contribution < 1.29 is 4.42 Å². The molecule has 0 atom stereocenters. The largest absolute Gasteiger partial charge is 0.467 e. The van der Waals surface area contributed by atoms with Gasteiger partial charge in [-0.25, -0.2) is 0 Å². The number of aryl methyl sites for hydroxylation is 1. The first kappa shape index (κ1) is 19.1. The molecule has 0 saturated heterocycles. The highest BCUT2D eigenvalue weighted by atomic mass is 35.5. The van der Waals surface area contributed by atoms with E-state index in [9.17, 15) is 0 Å². The fourth-order valence-corrected chi connectivity index (χ4v) is 4.50. The maximum atomic E-state index is 6.31. The minimum absolute atomic E-state index is 0.543. The summed E-state index contributed by atoms with van der Waals surface area (Å²) >= 11 is 14.2. The van der Waals surface area contributed by atoms with Gasteiger partial charge in [-0.15, -0.1) is 10.2 Å². The molecule has 0 spiro atoms. The first-order chi connectivity index (χ1) is 13.6. The van der Waals surface area contributed by atoms with Crippen LogP contribution >= 0.6 is 35.0 Å². The molecule has 2 aromatic heterocycles. The average molecular weight is 430 g/mol. The smallest absolute Gasteiger partial charge is 0.192 e. The van der Waals surface area contributed by atoms with Gasteiger partial charge in [0, 0.05) is 21.4 Å². The summed E-state index contributed by atoms with van der Waals surface area (Å²) in [4.78, 5) is 0. The van der Waals surface area contributed by atoms with Crippen molar-refractivity contribution in [1.29, 1.82) is 0 Å². The van der Waals surface area contributed by atoms with E-state index >= 15 is 0 Å². The van der Waals surface area contributed by atoms with E-state index in [1.807, 2.05) is 30.3 Å². The monoisotopic (exact) mass is 429 g/mol. The molecular formula is C21H17Cl2N3OS. The van der Waals surface area contributed by atoms with E-state index in [-0.39, 0.29) is 0 Å². The van der Waals surface area contributed by atoms with Crippen LogP contribution in [-0.2, 0) is 12.3 Å². The Morgan fingerprint density at radius 3 is 2.39 bits per heavy atom. The SMILES string of the molecule is Cc1ccc(-c2nnc(SCc3c(Cl)cccc3Cl)n2Cc2ccco2)cc1. The third-order valence-corrected chi connectivity index (χ3v) is 6.03. The maximum Gasteiger partial charge on any atom is 0.192 e. The second-order valence-corrected chi connectivity index (χ2v) is 8.08. The van der Waals surface area contributed by atoms with Crippen molar-refractivity contribution in [2.45, 2.75) is 24.4 Å². The van der Waals surface area contributed by atoms with Crippen molar-refractivity contribution in [3.8, 4) is 11.4 Å². The van der Waals surface area contributed by atoms with Gasteiger partial charge in [0.2, 0.25) is 0 Å². The van der Waals surface area contributed by atoms with Gasteiger partial charge >= 0.3 is 0 Å². The molecule has 4 aromatic rings. The lowest BCUT2D eigenvalue weighted by Crippen LogP contribution is -2.03. The molecule has 4 nitrogen and oxygen atoms in total. The summed E-state index contributed by atoms with van der Waals surface area (Å²) in [6.07, 6.45) is 1.67. The van der Waals surface area contributed by atoms with Crippen molar-refractivity contribution in [2.24, 2.45) is 0 Å². The molecule has 0 amide bonds. The summed E-state index contributed by atoms with van der Waals surface area (Å²) in [5.41, 5.74) is 3.09. The standard InChI is InChI=1S/C21H17Cl2N3OS/c1-14-7-9-15(10-8-14)20-24-25-21(26(20)12-16-4-3-11-27-16)28-13-17-18(22)5-2-6-19(17)23/h2-11H,12-13H2,1H3. The van der Waals surface area contributed by atoms with Crippen LogP contribution < -0.4 is 0 Å². The molecule has 142 valence electrons. The van der Waals surface area contributed by atoms with Crippen LogP contribution in [0.15, 0.2) is 70.4 Å². The second kappa shape index (κ2) is 8.43. The van der Waals surface area contributed by atoms with Crippen LogP contribution in [0.1, 0.15) is 16.9 Å². The summed E-state index contributed by atoms with van der Waals surface area (Å²) in [5, 5.41) is 10.9. The summed E-state index contributed by atoms with van der Waals surface area (Å²) in [6, 6.07) is 17.6. The summed E-state index contributed by atoms with van der Waals surface area (Å²) in [5.74, 6) is 2.23. The molecule has 0 fully saturated rings. The molecule has 0 bridgehead atoms. The van der Waals surface area contributed by atoms with Crippen LogP contribution in [0.4, 0.5) is 0 Å². The fourth-order valence-electron chi connectivity index (χ4n) is 2.82. The van der Waals surface area contributed by atoms with Crippen molar-refractivity contribution in [3.05, 3.63) is 87.8 Å². The Balaban J connectivity index is 1.67. The highest BCUT2D eigenvalue weighted by Crippen LogP contribution is 2.32. The van der Waals surface area contributed by atoms with Gasteiger partial charge in [0.1, 0.15) is 5.76 Å². The van der Waals surface area contributed by atoms with Crippen LogP contribution in [0, 0.1) is 6.92 Å². The number of furan rings is 1. The molecule has 7 heteroatoms. The third-order valence-electron chi connectivity index (χ3n) is 4.33. The maximum absolute atomic E-state index is 6.31. The number of aromatic nitrogens is 3. The van der Waals surface area contributed by atoms with Crippen molar-refractivity contribution in [3.63, 3.8) is 0 Å². The Bertz CT molecular complexity index is 1060. The Hall–Kier alpha value is -2.21. The van der Waals surface area contributed by atoms with Gasteiger partial charge in [-0.2, -0.15) is 0 Å². The highest BCUT2D eigenvalue weighted by molar-refractivity contribution is 7.98. The zero-order valence-electron chi connectivity index (χ0n) is 15.1. The molecule has 2 heterocycles. The van der Waals surface area contributed by atoms with E-state index in [2.05, 4.69) is 46.0 Å². The van der Waals surface area contributed by atoms with Crippen LogP contribution in [-0.4, -0.2) is 14.8 Å². The molecule has 0 saturated carbocycles. The molecular weight excluding hydrogens is 413 g/mol. The topological polar surface area (TPSA) is 43.9 Å². The van der Waals surface area contributed by atoms with E-state index < -0.39 is 0 Å². The minimum atomic E-state index is 0.543. The van der Waals surface area contributed by atoms with Crippen LogP contribution in [0.25, 0.3) is 11.4 Å². The van der Waals surface area contributed by atoms with E-state index in [4.69, 9.17) is 27.6 Å². The summed E-state index contributed by atoms with van der Waals surface area (Å²) in [7, 11) is 0. The molecule has 28 heavy (non-hydrogen) atoms. The molecule has 0 N–H and O–H groups in total. The van der Waals surface area contributed by atoms with Gasteiger partial charge in [-0.3, -0.25) is 4.57 Å². The number of benzene rings is 2. The fraction of sp³-hybridized carbons (Fsp3) is 0.143. The van der Waals surface area contributed by atoms with Gasteiger partial charge < -0.3 is 4.42 Å². The van der Waals surface area contributed by atoms with Crippen molar-refractivity contribution in [2.75, 3.05) is 0 Å². The van der Waals surface area contributed by atoms with Gasteiger partial charge in [-0.1, -0.05) is 70.9 Å². The van der Waals surface area contributed by atoms with Crippen LogP contribution in [0.2, 0.25) is 10.0 Å². The van der Waals surface area contributed by atoms with Gasteiger partial charge in [0.15, 0.2) is 11.0 Å². The minimum Gasteiger partial charge on any atom is -0.467 e. The number of nitrogens with zero attached hydrogens (tertiary/aromatic N) is 3. The number of hydrogen-bond acceptors (Lipinski definition) is 4. The summed E-state index contributed by atoms with van der Waals surface area (Å²) in [6.45, 7) is 2.60. The molecule has 0 unspecified atom stereocenters. The second-order valence-electron chi connectivity index (χ2n) is 6.33. The van der Waals surface area contributed by atoms with E-state index in [0.717, 1.165) is 27.9 Å². The molecule has 0 radical (unpaired) electrons. The zero-order valence-corrected chi connectivity index (χ0v) is 17.4. The molecule has 0 aliphatic heterocycles. The lowest BCUT2D eigenvalue weighted by Gasteiger charge is -2.10. The lowest BCUT2D eigenvalue weighted by molar-refractivity contribution is 0.485. The van der Waals surface area contributed by atoms with Crippen molar-refractivity contribution >= 4 is 35.0 Å². The molecule has 2 aromatic carbocycles. The number of halogens is 2. The highest BCUT2D eigenvalue weighted by Gasteiger charge is 2.17. The first-order valence-electron chi connectivity index (χ1n) is 8.70. The quantitative estimate of drug-likeness (QED) is 0.328. The molecule has 0 aliphatic carbocycles. The summed E-state index contributed by atoms with van der Waals surface area (Å²) < 4.78 is 7.60. The van der Waals surface area contributed by atoms with E-state index in [1.54, 1.807) is 18.0 Å². The first-order valence-corrected chi connectivity index (χ1v) is 10.4. The van der Waals surface area contributed by atoms with Crippen LogP contribution in [0.5, 0.6) is 0 Å². The van der Waals surface area contributed by atoms with E-state index in [1.165, 1.54) is 5.56 Å². The van der Waals surface area contributed by atoms with Crippen molar-refractivity contribution in [1.82, 2.24) is 14.8 Å². The van der Waals surface area contributed by atoms with Gasteiger partial charge in [0.25, 0.3) is 0 Å². The Morgan fingerprint density at radius 1 is 0.964 bits per heavy atom. The predicted molar refractivity (Wildman–Crippen MR) is 114 cm³/mol. The molecule has 4 rings (SSSR count). The number of hydrogen-bond donors (Lipinski definition) is 0. The number of thioether (sulfide) groups is 1. The Kier molecular flexibility index (Phi) is 5.76. The lowest BCUT2D eigenvalue weighted by atomic mass is 10.1. The zero-order chi connectivity index (χ0) is 19.5. The van der Waals surface area contributed by atoms with Crippen LogP contribution in [0.3, 0.4) is 0 Å². The van der Waals surface area contributed by atoms with Gasteiger partial charge in [0.05, 0.1) is 12.8 Å². The Morgan fingerprint density at radius 2 is 1.71 bits per heavy atom.